The van der Waals surface area contributed by atoms with Gasteiger partial charge in [-0.05, 0) is 82.1 Å². The summed E-state index contributed by atoms with van der Waals surface area (Å²) >= 11 is 7.04. The second kappa shape index (κ2) is 7.84. The average molecular weight is 650 g/mol. The van der Waals surface area contributed by atoms with Gasteiger partial charge in [0.1, 0.15) is 41.2 Å². The van der Waals surface area contributed by atoms with Crippen molar-refractivity contribution >= 4 is 22.5 Å². The van der Waals surface area contributed by atoms with Gasteiger partial charge in [0.15, 0.2) is 5.60 Å². The van der Waals surface area contributed by atoms with Crippen molar-refractivity contribution in [2.24, 2.45) is 17.3 Å². The van der Waals surface area contributed by atoms with Crippen LogP contribution < -0.4 is 0 Å². The summed E-state index contributed by atoms with van der Waals surface area (Å²) in [5, 5.41) is 52.2. The summed E-state index contributed by atoms with van der Waals surface area (Å²) in [6.45, 7) is 18.5. The number of ether oxygens (including phenoxy) is 3. The first kappa shape index (κ1) is 29.2. The van der Waals surface area contributed by atoms with Gasteiger partial charge < -0.3 is 39.6 Å². The normalized spacial score (nSPS) is 53.3. The lowest BCUT2D eigenvalue weighted by molar-refractivity contribution is -0.317. The number of rotatable bonds is 1. The minimum absolute atomic E-state index is 0.0966. The minimum atomic E-state index is -1.42. The van der Waals surface area contributed by atoms with Gasteiger partial charge in [-0.15, -0.1) is 0 Å². The zero-order chi connectivity index (χ0) is 32.5. The Kier molecular flexibility index (Phi) is 4.97. The fraction of sp³-hybridized carbons (Fsp3) is 0.676. The molecule has 5 N–H and O–H groups in total. The number of aromatic amines is 1. The molecule has 3 saturated carbocycles. The van der Waals surface area contributed by atoms with E-state index in [-0.39, 0.29) is 24.7 Å². The van der Waals surface area contributed by atoms with Gasteiger partial charge in [0, 0.05) is 49.8 Å². The summed E-state index contributed by atoms with van der Waals surface area (Å²) in [7, 11) is 0. The van der Waals surface area contributed by atoms with Crippen LogP contribution in [0.4, 0.5) is 0 Å². The van der Waals surface area contributed by atoms with Crippen LogP contribution in [-0.2, 0) is 31.6 Å². The molecule has 2 saturated heterocycles. The fourth-order valence-corrected chi connectivity index (χ4v) is 13.1. The van der Waals surface area contributed by atoms with Crippen LogP contribution in [0.5, 0.6) is 0 Å². The molecule has 1 aromatic heterocycles. The third kappa shape index (κ3) is 2.57. The summed E-state index contributed by atoms with van der Waals surface area (Å²) < 4.78 is 20.1. The summed E-state index contributed by atoms with van der Waals surface area (Å²) in [4.78, 5) is 3.73. The van der Waals surface area contributed by atoms with Crippen LogP contribution in [0.1, 0.15) is 95.2 Å². The van der Waals surface area contributed by atoms with E-state index in [1.165, 1.54) is 0 Å². The smallest absolute Gasteiger partial charge is 0.153 e. The van der Waals surface area contributed by atoms with Crippen LogP contribution in [0.25, 0.3) is 10.9 Å². The highest BCUT2D eigenvalue weighted by Crippen LogP contribution is 2.79. The molecule has 1 spiro atoms. The number of aromatic nitrogens is 1. The third-order valence-corrected chi connectivity index (χ3v) is 15.7. The monoisotopic (exact) mass is 649 g/mol. The molecule has 246 valence electrons. The molecule has 1 aromatic carbocycles. The number of benzene rings is 1. The van der Waals surface area contributed by atoms with E-state index in [4.69, 9.17) is 25.8 Å². The van der Waals surface area contributed by atoms with E-state index in [2.05, 4.69) is 32.0 Å². The molecular weight excluding hydrogens is 606 g/mol. The lowest BCUT2D eigenvalue weighted by Crippen LogP contribution is -2.79. The lowest BCUT2D eigenvalue weighted by Gasteiger charge is -2.68. The first-order chi connectivity index (χ1) is 21.4. The summed E-state index contributed by atoms with van der Waals surface area (Å²) in [5.74, 6) is -0.321. The van der Waals surface area contributed by atoms with Crippen molar-refractivity contribution in [1.29, 1.82) is 0 Å². The summed E-state index contributed by atoms with van der Waals surface area (Å²) in [6, 6.07) is 1.95. The van der Waals surface area contributed by atoms with Crippen molar-refractivity contribution in [2.75, 3.05) is 0 Å². The molecule has 46 heavy (non-hydrogen) atoms. The Balaban J connectivity index is 1.23. The highest BCUT2D eigenvalue weighted by Gasteiger charge is 2.89. The number of halogens is 1. The predicted molar refractivity (Wildman–Crippen MR) is 170 cm³/mol. The van der Waals surface area contributed by atoms with E-state index < -0.39 is 69.4 Å². The number of nitrogens with one attached hydrogen (secondary N) is 1. The molecule has 13 atom stereocenters. The second-order valence-corrected chi connectivity index (χ2v) is 17.6. The molecule has 13 unspecified atom stereocenters. The van der Waals surface area contributed by atoms with Crippen molar-refractivity contribution < 1.29 is 34.6 Å². The SMILES string of the molecule is C=C(C)C1OC2CCC3(C)C(O)(CCC4(O)C5OC(C)(C)C6CC7C(=C)Cc8c(Cl)cc9[nH]c(c5c9c8C76O)C43C)C23OC3C1O. The van der Waals surface area contributed by atoms with Crippen molar-refractivity contribution in [1.82, 2.24) is 4.98 Å². The molecule has 3 aliphatic heterocycles. The lowest BCUT2D eigenvalue weighted by atomic mass is 9.39. The third-order valence-electron chi connectivity index (χ3n) is 15.4. The van der Waals surface area contributed by atoms with Gasteiger partial charge in [-0.1, -0.05) is 44.2 Å². The molecule has 0 radical (unpaired) electrons. The molecule has 8 nitrogen and oxygen atoms in total. The second-order valence-electron chi connectivity index (χ2n) is 17.1. The van der Waals surface area contributed by atoms with E-state index in [0.717, 1.165) is 50.9 Å². The minimum Gasteiger partial charge on any atom is -0.387 e. The Morgan fingerprint density at radius 3 is 2.54 bits per heavy atom. The number of aliphatic hydroxyl groups is 4. The maximum absolute atomic E-state index is 13.3. The topological polar surface area (TPSA) is 128 Å². The Bertz CT molecular complexity index is 1850. The van der Waals surface area contributed by atoms with Crippen LogP contribution in [0.15, 0.2) is 30.4 Å². The molecule has 8 aliphatic rings. The molecule has 10 rings (SSSR count). The van der Waals surface area contributed by atoms with Gasteiger partial charge in [-0.3, -0.25) is 0 Å². The van der Waals surface area contributed by atoms with Crippen molar-refractivity contribution in [3.8, 4) is 0 Å². The van der Waals surface area contributed by atoms with Gasteiger partial charge in [0.05, 0.1) is 11.7 Å². The van der Waals surface area contributed by atoms with E-state index in [1.54, 1.807) is 0 Å². The average Bonchev–Trinajstić information content (AvgIpc) is 3.60. The van der Waals surface area contributed by atoms with Crippen LogP contribution >= 0.6 is 11.6 Å². The van der Waals surface area contributed by atoms with Crippen LogP contribution in [0, 0.1) is 17.3 Å². The summed E-state index contributed by atoms with van der Waals surface area (Å²) in [5.41, 5.74) is -1.85. The Morgan fingerprint density at radius 2 is 1.83 bits per heavy atom. The largest absolute Gasteiger partial charge is 0.387 e. The van der Waals surface area contributed by atoms with E-state index in [0.29, 0.717) is 24.3 Å². The number of aliphatic hydroxyl groups excluding tert-OH is 1. The van der Waals surface area contributed by atoms with Gasteiger partial charge >= 0.3 is 0 Å². The van der Waals surface area contributed by atoms with Gasteiger partial charge in [-0.25, -0.2) is 0 Å². The standard InChI is InChI=1S/C37H44ClNO7/c1-15(2)27-26(40)30-37(46-30)22(44-27)8-9-32(6)33(7)28-24-23-20(39-28)14-19(38)17-12-16(3)18-13-21(36(18,43)25(17)23)31(4,5)45-29(24)34(33,41)10-11-35(32,37)42/h14,18,21-22,26-27,29-30,39-43H,1,3,8-13H2,2,4-7H3. The zero-order valence-electron chi connectivity index (χ0n) is 27.2. The molecule has 9 heteroatoms. The van der Waals surface area contributed by atoms with Gasteiger partial charge in [0.2, 0.25) is 0 Å². The first-order valence-corrected chi connectivity index (χ1v) is 17.4. The highest BCUT2D eigenvalue weighted by molar-refractivity contribution is 6.32. The fourth-order valence-electron chi connectivity index (χ4n) is 12.9. The van der Waals surface area contributed by atoms with Crippen LogP contribution in [0.2, 0.25) is 5.02 Å². The maximum Gasteiger partial charge on any atom is 0.153 e. The number of hydrogen-bond acceptors (Lipinski definition) is 7. The number of H-pyrrole nitrogens is 1. The number of epoxide rings is 1. The maximum atomic E-state index is 13.3. The molecule has 5 fully saturated rings. The van der Waals surface area contributed by atoms with E-state index in [1.807, 2.05) is 26.8 Å². The first-order valence-electron chi connectivity index (χ1n) is 17.0. The molecule has 5 aliphatic carbocycles. The molecular formula is C37H44ClNO7. The predicted octanol–water partition coefficient (Wildman–Crippen LogP) is 4.78. The summed E-state index contributed by atoms with van der Waals surface area (Å²) in [6.07, 6.45) is -0.184. The molecule has 0 bridgehead atoms. The van der Waals surface area contributed by atoms with Crippen molar-refractivity contribution in [2.45, 2.75) is 137 Å². The van der Waals surface area contributed by atoms with Crippen LogP contribution in [0.3, 0.4) is 0 Å². The number of fused-ring (bicyclic) bond motifs is 5. The zero-order valence-corrected chi connectivity index (χ0v) is 27.9. The van der Waals surface area contributed by atoms with Gasteiger partial charge in [0.25, 0.3) is 0 Å². The molecule has 4 heterocycles. The van der Waals surface area contributed by atoms with Crippen LogP contribution in [-0.4, -0.2) is 72.2 Å². The molecule has 0 amide bonds. The van der Waals surface area contributed by atoms with E-state index >= 15 is 0 Å². The Hall–Kier alpha value is -1.75. The highest BCUT2D eigenvalue weighted by atomic mass is 35.5. The van der Waals surface area contributed by atoms with E-state index in [9.17, 15) is 20.4 Å². The number of hydrogen-bond donors (Lipinski definition) is 5. The molecule has 2 aromatic rings. The Labute approximate surface area is 273 Å². The van der Waals surface area contributed by atoms with Gasteiger partial charge in [-0.2, -0.15) is 0 Å². The Morgan fingerprint density at radius 1 is 1.09 bits per heavy atom. The van der Waals surface area contributed by atoms with Crippen molar-refractivity contribution in [3.05, 3.63) is 57.8 Å². The quantitative estimate of drug-likeness (QED) is 0.222. The van der Waals surface area contributed by atoms with Crippen molar-refractivity contribution in [3.63, 3.8) is 0 Å².